The third-order valence-corrected chi connectivity index (χ3v) is 3.45. The average molecular weight is 285 g/mol. The summed E-state index contributed by atoms with van der Waals surface area (Å²) in [7, 11) is 0. The van der Waals surface area contributed by atoms with Gasteiger partial charge in [-0.1, -0.05) is 24.6 Å². The third kappa shape index (κ3) is 2.30. The fourth-order valence-electron chi connectivity index (χ4n) is 2.18. The average Bonchev–Trinajstić information content (AvgIpc) is 2.37. The molecule has 2 unspecified atom stereocenters. The van der Waals surface area contributed by atoms with Crippen molar-refractivity contribution in [2.24, 2.45) is 0 Å². The van der Waals surface area contributed by atoms with Gasteiger partial charge in [-0.2, -0.15) is 0 Å². The van der Waals surface area contributed by atoms with Gasteiger partial charge in [0.25, 0.3) is 0 Å². The highest BCUT2D eigenvalue weighted by Gasteiger charge is 2.39. The summed E-state index contributed by atoms with van der Waals surface area (Å²) in [4.78, 5) is 25.3. The first-order chi connectivity index (χ1) is 8.97. The molecule has 1 heterocycles. The molecule has 0 bridgehead atoms. The molecule has 1 aromatic carbocycles. The molecule has 2 rings (SSSR count). The molecular formula is C13H14ClFN2O2. The normalized spacial score (nSPS) is 23.5. The van der Waals surface area contributed by atoms with Crippen LogP contribution in [0.4, 0.5) is 10.1 Å². The number of halogens is 2. The van der Waals surface area contributed by atoms with Crippen molar-refractivity contribution in [3.8, 4) is 0 Å². The van der Waals surface area contributed by atoms with Crippen LogP contribution < -0.4 is 10.2 Å². The van der Waals surface area contributed by atoms with E-state index in [0.717, 1.165) is 0 Å². The number of benzene rings is 1. The fraction of sp³-hybridized carbons (Fsp3) is 0.385. The smallest absolute Gasteiger partial charge is 0.250 e. The SMILES string of the molecule is CCC1C(=O)NC(C)C(=O)N1c1cccc(Cl)c1F. The number of nitrogens with one attached hydrogen (secondary N) is 1. The maximum Gasteiger partial charge on any atom is 0.250 e. The lowest BCUT2D eigenvalue weighted by Crippen LogP contribution is -2.62. The number of hydrogen-bond donors (Lipinski definition) is 1. The van der Waals surface area contributed by atoms with Crippen LogP contribution in [-0.2, 0) is 9.59 Å². The predicted molar refractivity (Wildman–Crippen MR) is 70.6 cm³/mol. The Morgan fingerprint density at radius 1 is 1.42 bits per heavy atom. The minimum Gasteiger partial charge on any atom is -0.343 e. The van der Waals surface area contributed by atoms with E-state index >= 15 is 0 Å². The Morgan fingerprint density at radius 3 is 2.74 bits per heavy atom. The van der Waals surface area contributed by atoms with Gasteiger partial charge in [0.05, 0.1) is 10.7 Å². The highest BCUT2D eigenvalue weighted by Crippen LogP contribution is 2.29. The Labute approximate surface area is 115 Å². The number of amides is 2. The van der Waals surface area contributed by atoms with E-state index in [9.17, 15) is 14.0 Å². The molecule has 0 radical (unpaired) electrons. The van der Waals surface area contributed by atoms with Crippen LogP contribution in [0.3, 0.4) is 0 Å². The predicted octanol–water partition coefficient (Wildman–Crippen LogP) is 2.11. The van der Waals surface area contributed by atoms with E-state index in [1.54, 1.807) is 19.9 Å². The molecule has 2 amide bonds. The third-order valence-electron chi connectivity index (χ3n) is 3.16. The Kier molecular flexibility index (Phi) is 3.75. The van der Waals surface area contributed by atoms with E-state index in [0.29, 0.717) is 6.42 Å². The van der Waals surface area contributed by atoms with Crippen LogP contribution in [0, 0.1) is 5.82 Å². The van der Waals surface area contributed by atoms with Crippen LogP contribution in [0.2, 0.25) is 5.02 Å². The molecule has 1 aliphatic rings. The monoisotopic (exact) mass is 284 g/mol. The quantitative estimate of drug-likeness (QED) is 0.904. The second kappa shape index (κ2) is 5.17. The van der Waals surface area contributed by atoms with Gasteiger partial charge in [0.1, 0.15) is 12.1 Å². The number of anilines is 1. The number of piperazine rings is 1. The Bertz CT molecular complexity index is 535. The summed E-state index contributed by atoms with van der Waals surface area (Å²) in [6.45, 7) is 3.34. The second-order valence-corrected chi connectivity index (χ2v) is 4.84. The number of carbonyl (C=O) groups excluding carboxylic acids is 2. The van der Waals surface area contributed by atoms with Crippen molar-refractivity contribution < 1.29 is 14.0 Å². The summed E-state index contributed by atoms with van der Waals surface area (Å²) in [5.74, 6) is -1.31. The van der Waals surface area contributed by atoms with Crippen molar-refractivity contribution >= 4 is 29.1 Å². The zero-order valence-electron chi connectivity index (χ0n) is 10.6. The molecule has 0 aliphatic carbocycles. The molecule has 102 valence electrons. The van der Waals surface area contributed by atoms with Crippen molar-refractivity contribution in [1.82, 2.24) is 5.32 Å². The standard InChI is InChI=1S/C13H14ClFN2O2/c1-3-9-12(18)16-7(2)13(19)17(9)10-6-4-5-8(14)11(10)15/h4-7,9H,3H2,1-2H3,(H,16,18). The van der Waals surface area contributed by atoms with E-state index in [4.69, 9.17) is 11.6 Å². The van der Waals surface area contributed by atoms with E-state index < -0.39 is 17.9 Å². The van der Waals surface area contributed by atoms with Crippen LogP contribution in [0.15, 0.2) is 18.2 Å². The van der Waals surface area contributed by atoms with Gasteiger partial charge in [-0.15, -0.1) is 0 Å². The number of rotatable bonds is 2. The number of hydrogen-bond acceptors (Lipinski definition) is 2. The van der Waals surface area contributed by atoms with E-state index in [2.05, 4.69) is 5.32 Å². The van der Waals surface area contributed by atoms with Crippen LogP contribution in [-0.4, -0.2) is 23.9 Å². The maximum atomic E-state index is 14.1. The molecule has 4 nitrogen and oxygen atoms in total. The second-order valence-electron chi connectivity index (χ2n) is 4.44. The summed E-state index contributed by atoms with van der Waals surface area (Å²) >= 11 is 5.73. The summed E-state index contributed by atoms with van der Waals surface area (Å²) in [5, 5.41) is 2.51. The van der Waals surface area contributed by atoms with Gasteiger partial charge in [0.2, 0.25) is 11.8 Å². The summed E-state index contributed by atoms with van der Waals surface area (Å²) in [6.07, 6.45) is 0.399. The highest BCUT2D eigenvalue weighted by atomic mass is 35.5. The van der Waals surface area contributed by atoms with Crippen LogP contribution in [0.1, 0.15) is 20.3 Å². The van der Waals surface area contributed by atoms with Gasteiger partial charge in [0, 0.05) is 0 Å². The van der Waals surface area contributed by atoms with E-state index in [1.165, 1.54) is 17.0 Å². The van der Waals surface area contributed by atoms with Gasteiger partial charge in [-0.25, -0.2) is 4.39 Å². The number of carbonyl (C=O) groups is 2. The topological polar surface area (TPSA) is 49.4 Å². The summed E-state index contributed by atoms with van der Waals surface area (Å²) in [6, 6.07) is 3.02. The molecule has 2 atom stereocenters. The molecule has 1 aromatic rings. The van der Waals surface area contributed by atoms with Crippen LogP contribution in [0.5, 0.6) is 0 Å². The zero-order chi connectivity index (χ0) is 14.2. The first kappa shape index (κ1) is 13.8. The largest absolute Gasteiger partial charge is 0.343 e. The first-order valence-corrected chi connectivity index (χ1v) is 6.42. The lowest BCUT2D eigenvalue weighted by atomic mass is 10.0. The van der Waals surface area contributed by atoms with Crippen molar-refractivity contribution in [2.45, 2.75) is 32.4 Å². The van der Waals surface area contributed by atoms with Gasteiger partial charge in [-0.3, -0.25) is 14.5 Å². The van der Waals surface area contributed by atoms with Crippen molar-refractivity contribution in [3.05, 3.63) is 29.0 Å². The molecular weight excluding hydrogens is 271 g/mol. The van der Waals surface area contributed by atoms with Gasteiger partial charge < -0.3 is 5.32 Å². The Hall–Kier alpha value is -1.62. The molecule has 19 heavy (non-hydrogen) atoms. The summed E-state index contributed by atoms with van der Waals surface area (Å²) in [5.41, 5.74) is 0.0473. The van der Waals surface area contributed by atoms with Crippen LogP contribution >= 0.6 is 11.6 Å². The first-order valence-electron chi connectivity index (χ1n) is 6.04. The van der Waals surface area contributed by atoms with Crippen molar-refractivity contribution in [3.63, 3.8) is 0 Å². The molecule has 1 aliphatic heterocycles. The zero-order valence-corrected chi connectivity index (χ0v) is 11.4. The summed E-state index contributed by atoms with van der Waals surface area (Å²) < 4.78 is 14.1. The van der Waals surface area contributed by atoms with Crippen molar-refractivity contribution in [2.75, 3.05) is 4.90 Å². The molecule has 6 heteroatoms. The lowest BCUT2D eigenvalue weighted by Gasteiger charge is -2.37. The number of nitrogens with zero attached hydrogens (tertiary/aromatic N) is 1. The van der Waals surface area contributed by atoms with Gasteiger partial charge in [0.15, 0.2) is 5.82 Å². The van der Waals surface area contributed by atoms with Gasteiger partial charge >= 0.3 is 0 Å². The highest BCUT2D eigenvalue weighted by molar-refractivity contribution is 6.31. The van der Waals surface area contributed by atoms with Crippen molar-refractivity contribution in [1.29, 1.82) is 0 Å². The fourth-order valence-corrected chi connectivity index (χ4v) is 2.35. The maximum absolute atomic E-state index is 14.1. The van der Waals surface area contributed by atoms with E-state index in [-0.39, 0.29) is 22.5 Å². The molecule has 0 spiro atoms. The molecule has 0 aromatic heterocycles. The van der Waals surface area contributed by atoms with E-state index in [1.807, 2.05) is 0 Å². The Morgan fingerprint density at radius 2 is 2.11 bits per heavy atom. The molecule has 1 fully saturated rings. The minimum atomic E-state index is -0.711. The van der Waals surface area contributed by atoms with Gasteiger partial charge in [-0.05, 0) is 25.5 Å². The minimum absolute atomic E-state index is 0.0473. The van der Waals surface area contributed by atoms with Crippen LogP contribution in [0.25, 0.3) is 0 Å². The molecule has 0 saturated carbocycles. The molecule has 1 saturated heterocycles. The Balaban J connectivity index is 2.52. The lowest BCUT2D eigenvalue weighted by molar-refractivity contribution is -0.133. The molecule has 1 N–H and O–H groups in total.